The van der Waals surface area contributed by atoms with Crippen molar-refractivity contribution in [2.24, 2.45) is 5.92 Å². The van der Waals surface area contributed by atoms with E-state index in [0.717, 1.165) is 18.8 Å². The lowest BCUT2D eigenvalue weighted by atomic mass is 9.82. The van der Waals surface area contributed by atoms with Crippen molar-refractivity contribution < 1.29 is 27.4 Å². The third-order valence-corrected chi connectivity index (χ3v) is 6.56. The van der Waals surface area contributed by atoms with Gasteiger partial charge in [-0.1, -0.05) is 12.1 Å². The van der Waals surface area contributed by atoms with Crippen LogP contribution in [0.15, 0.2) is 42.2 Å². The highest BCUT2D eigenvalue weighted by atomic mass is 19.4. The van der Waals surface area contributed by atoms with E-state index in [2.05, 4.69) is 26.3 Å². The zero-order valence-electron chi connectivity index (χ0n) is 18.4. The molecule has 2 N–H and O–H groups in total. The summed E-state index contributed by atoms with van der Waals surface area (Å²) in [6.07, 6.45) is 1.29. The molecule has 7 nitrogen and oxygen atoms in total. The number of halogens is 3. The summed E-state index contributed by atoms with van der Waals surface area (Å²) in [7, 11) is 1.61. The number of nitrogens with one attached hydrogen (secondary N) is 2. The van der Waals surface area contributed by atoms with Gasteiger partial charge in [0, 0.05) is 19.0 Å². The number of aromatic amines is 1. The fourth-order valence-corrected chi connectivity index (χ4v) is 4.97. The monoisotopic (exact) mass is 464 g/mol. The number of benzene rings is 1. The highest BCUT2D eigenvalue weighted by molar-refractivity contribution is 5.88. The molecule has 5 rings (SSSR count). The molecule has 5 unspecified atom stereocenters. The molecular formula is C23H27F3N4O3. The Hall–Kier alpha value is -2.56. The highest BCUT2D eigenvalue weighted by Gasteiger charge is 2.43. The number of methoxy groups -OCH3 is 1. The van der Waals surface area contributed by atoms with Gasteiger partial charge in [0.2, 0.25) is 5.82 Å². The Morgan fingerprint density at radius 3 is 2.88 bits per heavy atom. The summed E-state index contributed by atoms with van der Waals surface area (Å²) in [5.74, 6) is -0.296. The number of nitrogens with zero attached hydrogens (tertiary/aromatic N) is 2. The average molecular weight is 464 g/mol. The van der Waals surface area contributed by atoms with Gasteiger partial charge in [0.25, 0.3) is 0 Å². The number of fused-ring (bicyclic) bond motifs is 2. The lowest BCUT2D eigenvalue weighted by molar-refractivity contribution is -0.144. The van der Waals surface area contributed by atoms with E-state index in [1.54, 1.807) is 25.3 Å². The second kappa shape index (κ2) is 8.66. The standard InChI is InChI=1S/C23H27F3N4O3/c1-13-11-30(8-9-32-13)18-12-33-19-10-14(31-2)6-7-15(19)20(18)27-16-4-3-5-17-21(16)29-22(28-17)23(24,25)26/h3-7,10,13,15,18-20,27H,8-9,11-12H2,1-2H3,(H,28,29). The van der Waals surface area contributed by atoms with Crippen molar-refractivity contribution in [3.63, 3.8) is 0 Å². The van der Waals surface area contributed by atoms with Gasteiger partial charge in [-0.3, -0.25) is 4.90 Å². The first-order valence-electron chi connectivity index (χ1n) is 11.1. The molecule has 0 amide bonds. The first-order chi connectivity index (χ1) is 15.8. The Kier molecular flexibility index (Phi) is 5.84. The topological polar surface area (TPSA) is 71.6 Å². The Morgan fingerprint density at radius 2 is 2.12 bits per heavy atom. The molecule has 0 bridgehead atoms. The first-order valence-corrected chi connectivity index (χ1v) is 11.1. The van der Waals surface area contributed by atoms with Gasteiger partial charge < -0.3 is 24.5 Å². The molecule has 2 aliphatic heterocycles. The van der Waals surface area contributed by atoms with Crippen LogP contribution in [0.4, 0.5) is 18.9 Å². The molecular weight excluding hydrogens is 437 g/mol. The number of aromatic nitrogens is 2. The SMILES string of the molecule is COC1=CC2OCC(N3CCOC(C)C3)C(Nc3cccc4[nH]c(C(F)(F)F)nc34)C2C=C1. The summed E-state index contributed by atoms with van der Waals surface area (Å²) in [5, 5.41) is 3.55. The third-order valence-electron chi connectivity index (χ3n) is 6.56. The van der Waals surface area contributed by atoms with E-state index in [1.807, 2.05) is 19.1 Å². The molecule has 5 atom stereocenters. The number of hydrogen-bond donors (Lipinski definition) is 2. The van der Waals surface area contributed by atoms with Crippen molar-refractivity contribution >= 4 is 16.7 Å². The smallest absolute Gasteiger partial charge is 0.449 e. The van der Waals surface area contributed by atoms with Crippen molar-refractivity contribution in [1.29, 1.82) is 0 Å². The van der Waals surface area contributed by atoms with Crippen molar-refractivity contribution in [1.82, 2.24) is 14.9 Å². The minimum atomic E-state index is -4.54. The van der Waals surface area contributed by atoms with Crippen molar-refractivity contribution in [3.05, 3.63) is 48.0 Å². The maximum atomic E-state index is 13.3. The number of alkyl halides is 3. The number of allylic oxidation sites excluding steroid dienone is 1. The molecule has 2 saturated heterocycles. The lowest BCUT2D eigenvalue weighted by Crippen LogP contribution is -2.61. The molecule has 0 saturated carbocycles. The van der Waals surface area contributed by atoms with Gasteiger partial charge >= 0.3 is 6.18 Å². The number of ether oxygens (including phenoxy) is 3. The minimum Gasteiger partial charge on any atom is -0.497 e. The largest absolute Gasteiger partial charge is 0.497 e. The minimum absolute atomic E-state index is 0.0102. The van der Waals surface area contributed by atoms with Crippen molar-refractivity contribution in [3.8, 4) is 0 Å². The predicted octanol–water partition coefficient (Wildman–Crippen LogP) is 3.57. The number of imidazole rings is 1. The summed E-state index contributed by atoms with van der Waals surface area (Å²) in [5.41, 5.74) is 1.18. The lowest BCUT2D eigenvalue weighted by Gasteiger charge is -2.48. The molecule has 3 heterocycles. The van der Waals surface area contributed by atoms with Crippen LogP contribution in [0.2, 0.25) is 0 Å². The number of para-hydroxylation sites is 1. The molecule has 10 heteroatoms. The molecule has 1 aromatic heterocycles. The van der Waals surface area contributed by atoms with E-state index in [0.29, 0.717) is 24.4 Å². The van der Waals surface area contributed by atoms with Gasteiger partial charge in [-0.25, -0.2) is 4.98 Å². The number of H-pyrrole nitrogens is 1. The van der Waals surface area contributed by atoms with Crippen LogP contribution < -0.4 is 5.32 Å². The summed E-state index contributed by atoms with van der Waals surface area (Å²) in [6, 6.07) is 5.00. The van der Waals surface area contributed by atoms with E-state index >= 15 is 0 Å². The summed E-state index contributed by atoms with van der Waals surface area (Å²) in [4.78, 5) is 8.61. The van der Waals surface area contributed by atoms with Crippen LogP contribution in [0.1, 0.15) is 12.7 Å². The molecule has 178 valence electrons. The van der Waals surface area contributed by atoms with Gasteiger partial charge in [0.1, 0.15) is 11.3 Å². The zero-order chi connectivity index (χ0) is 23.2. The second-order valence-electron chi connectivity index (χ2n) is 8.71. The summed E-state index contributed by atoms with van der Waals surface area (Å²) >= 11 is 0. The maximum Gasteiger partial charge on any atom is 0.449 e. The molecule has 33 heavy (non-hydrogen) atoms. The van der Waals surface area contributed by atoms with E-state index in [9.17, 15) is 13.2 Å². The van der Waals surface area contributed by atoms with Gasteiger partial charge in [-0.2, -0.15) is 13.2 Å². The first kappa shape index (κ1) is 22.2. The van der Waals surface area contributed by atoms with Gasteiger partial charge in [0.05, 0.1) is 55.8 Å². The van der Waals surface area contributed by atoms with E-state index in [1.165, 1.54) is 0 Å². The van der Waals surface area contributed by atoms with Crippen molar-refractivity contribution in [2.75, 3.05) is 38.7 Å². The fraction of sp³-hybridized carbons (Fsp3) is 0.522. The zero-order valence-corrected chi connectivity index (χ0v) is 18.4. The van der Waals surface area contributed by atoms with E-state index in [-0.39, 0.29) is 35.7 Å². The molecule has 2 aromatic rings. The molecule has 1 aromatic carbocycles. The van der Waals surface area contributed by atoms with Crippen LogP contribution in [0.5, 0.6) is 0 Å². The highest BCUT2D eigenvalue weighted by Crippen LogP contribution is 2.36. The van der Waals surface area contributed by atoms with Crippen LogP contribution in [0.25, 0.3) is 11.0 Å². The number of rotatable bonds is 4. The molecule has 0 radical (unpaired) electrons. The fourth-order valence-electron chi connectivity index (χ4n) is 4.97. The van der Waals surface area contributed by atoms with E-state index in [4.69, 9.17) is 14.2 Å². The Labute approximate surface area is 189 Å². The van der Waals surface area contributed by atoms with Crippen LogP contribution in [0, 0.1) is 5.92 Å². The number of hydrogen-bond acceptors (Lipinski definition) is 6. The number of anilines is 1. The third kappa shape index (κ3) is 4.34. The molecule has 1 aliphatic carbocycles. The predicted molar refractivity (Wildman–Crippen MR) is 117 cm³/mol. The van der Waals surface area contributed by atoms with Crippen LogP contribution in [-0.2, 0) is 20.4 Å². The summed E-state index contributed by atoms with van der Waals surface area (Å²) < 4.78 is 57.1. The van der Waals surface area contributed by atoms with Gasteiger partial charge in [0.15, 0.2) is 0 Å². The molecule has 0 spiro atoms. The van der Waals surface area contributed by atoms with Crippen LogP contribution in [0.3, 0.4) is 0 Å². The molecule has 2 fully saturated rings. The van der Waals surface area contributed by atoms with Gasteiger partial charge in [-0.05, 0) is 31.2 Å². The number of morpholine rings is 1. The van der Waals surface area contributed by atoms with Crippen LogP contribution in [-0.4, -0.2) is 72.6 Å². The maximum absolute atomic E-state index is 13.3. The van der Waals surface area contributed by atoms with Crippen molar-refractivity contribution in [2.45, 2.75) is 37.4 Å². The quantitative estimate of drug-likeness (QED) is 0.721. The summed E-state index contributed by atoms with van der Waals surface area (Å²) in [6.45, 7) is 4.68. The normalized spacial score (nSPS) is 30.7. The average Bonchev–Trinajstić information content (AvgIpc) is 3.25. The molecule has 3 aliphatic rings. The Bertz CT molecular complexity index is 1070. The Morgan fingerprint density at radius 1 is 1.27 bits per heavy atom. The van der Waals surface area contributed by atoms with Gasteiger partial charge in [-0.15, -0.1) is 0 Å². The second-order valence-corrected chi connectivity index (χ2v) is 8.71. The van der Waals surface area contributed by atoms with E-state index < -0.39 is 12.0 Å². The van der Waals surface area contributed by atoms with Crippen LogP contribution >= 0.6 is 0 Å². The Balaban J connectivity index is 1.50.